The highest BCUT2D eigenvalue weighted by atomic mass is 32.2. The van der Waals surface area contributed by atoms with Crippen molar-refractivity contribution < 1.29 is 18.8 Å². The lowest BCUT2D eigenvalue weighted by Gasteiger charge is -2.32. The second-order valence-electron chi connectivity index (χ2n) is 11.2. The van der Waals surface area contributed by atoms with Crippen molar-refractivity contribution >= 4 is 22.5 Å². The number of hydrogen-bond donors (Lipinski definition) is 2. The lowest BCUT2D eigenvalue weighted by Crippen LogP contribution is -2.27. The molecular formula is C33H52N2O4S. The summed E-state index contributed by atoms with van der Waals surface area (Å²) in [6, 6.07) is 16.2. The molecule has 1 aliphatic rings. The Morgan fingerprint density at radius 2 is 1.70 bits per heavy atom. The first-order chi connectivity index (χ1) is 19.3. The van der Waals surface area contributed by atoms with Gasteiger partial charge >= 0.3 is 5.97 Å². The van der Waals surface area contributed by atoms with Gasteiger partial charge in [-0.1, -0.05) is 57.7 Å². The normalized spacial score (nSPS) is 15.8. The largest absolute Gasteiger partial charge is 0.494 e. The molecule has 6 nitrogen and oxygen atoms in total. The van der Waals surface area contributed by atoms with Gasteiger partial charge in [0.05, 0.1) is 24.0 Å². The number of carboxylic acid groups (broad SMARTS) is 1. The summed E-state index contributed by atoms with van der Waals surface area (Å²) in [7, 11) is 3.29. The number of benzene rings is 2. The van der Waals surface area contributed by atoms with Crippen LogP contribution in [0.25, 0.3) is 0 Å². The van der Waals surface area contributed by atoms with E-state index in [0.717, 1.165) is 48.6 Å². The van der Waals surface area contributed by atoms with Gasteiger partial charge in [-0.2, -0.15) is 0 Å². The Labute approximate surface area is 245 Å². The minimum atomic E-state index is -0.849. The summed E-state index contributed by atoms with van der Waals surface area (Å²) in [4.78, 5) is 13.4. The van der Waals surface area contributed by atoms with Crippen LogP contribution in [0.15, 0.2) is 53.4 Å². The molecule has 2 aromatic rings. The number of aliphatic carboxylic acids is 1. The van der Waals surface area contributed by atoms with Crippen LogP contribution in [0.5, 0.6) is 5.75 Å². The molecule has 0 bridgehead atoms. The van der Waals surface area contributed by atoms with E-state index in [-0.39, 0.29) is 12.0 Å². The highest BCUT2D eigenvalue weighted by Crippen LogP contribution is 2.41. The zero-order valence-corrected chi connectivity index (χ0v) is 26.1. The number of para-hydroxylation sites is 1. The Hall–Kier alpha value is -2.38. The van der Waals surface area contributed by atoms with Gasteiger partial charge in [0.1, 0.15) is 5.75 Å². The van der Waals surface area contributed by atoms with Gasteiger partial charge in [0.15, 0.2) is 0 Å². The number of unbranched alkanes of at least 4 members (excludes halogenated alkanes) is 4. The molecule has 40 heavy (non-hydrogen) atoms. The molecule has 7 heteroatoms. The van der Waals surface area contributed by atoms with Crippen LogP contribution < -0.4 is 15.0 Å². The highest BCUT2D eigenvalue weighted by molar-refractivity contribution is 7.85. The van der Waals surface area contributed by atoms with Crippen molar-refractivity contribution in [2.45, 2.75) is 89.4 Å². The quantitative estimate of drug-likeness (QED) is 0.209. The van der Waals surface area contributed by atoms with Gasteiger partial charge in [-0.25, -0.2) is 0 Å². The van der Waals surface area contributed by atoms with E-state index in [1.165, 1.54) is 56.2 Å². The molecule has 1 aliphatic heterocycles. The van der Waals surface area contributed by atoms with E-state index in [1.807, 2.05) is 30.3 Å². The fourth-order valence-electron chi connectivity index (χ4n) is 5.14. The van der Waals surface area contributed by atoms with Gasteiger partial charge in [0.2, 0.25) is 0 Å². The Kier molecular flexibility index (Phi) is 16.0. The smallest absolute Gasteiger partial charge is 0.317 e. The molecule has 1 unspecified atom stereocenters. The van der Waals surface area contributed by atoms with E-state index < -0.39 is 16.8 Å². The molecular weight excluding hydrogens is 520 g/mol. The van der Waals surface area contributed by atoms with Gasteiger partial charge in [-0.05, 0) is 92.8 Å². The summed E-state index contributed by atoms with van der Waals surface area (Å²) in [6.45, 7) is 6.03. The van der Waals surface area contributed by atoms with E-state index in [4.69, 9.17) is 9.84 Å². The molecule has 0 aromatic heterocycles. The maximum absolute atomic E-state index is 13.0. The van der Waals surface area contributed by atoms with Crippen LogP contribution >= 0.6 is 0 Å². The van der Waals surface area contributed by atoms with Gasteiger partial charge in [-0.15, -0.1) is 0 Å². The molecule has 0 aliphatic carbocycles. The number of carbonyl (C=O) groups is 1. The molecule has 0 fully saturated rings. The third-order valence-electron chi connectivity index (χ3n) is 7.58. The van der Waals surface area contributed by atoms with Crippen molar-refractivity contribution in [3.8, 4) is 5.75 Å². The van der Waals surface area contributed by atoms with E-state index in [1.54, 1.807) is 0 Å². The first-order valence-electron chi connectivity index (χ1n) is 15.1. The Balaban J connectivity index is 0.000000294. The fourth-order valence-corrected chi connectivity index (χ4v) is 6.96. The van der Waals surface area contributed by atoms with Crippen LogP contribution in [0.4, 0.5) is 5.69 Å². The maximum atomic E-state index is 13.0. The Bertz CT molecular complexity index is 1000. The van der Waals surface area contributed by atoms with Crippen molar-refractivity contribution in [1.82, 2.24) is 5.32 Å². The monoisotopic (exact) mass is 572 g/mol. The number of nitrogens with one attached hydrogen (secondary N) is 1. The van der Waals surface area contributed by atoms with E-state index >= 15 is 0 Å². The van der Waals surface area contributed by atoms with Gasteiger partial charge in [0, 0.05) is 30.4 Å². The van der Waals surface area contributed by atoms with Gasteiger partial charge in [0.25, 0.3) is 0 Å². The van der Waals surface area contributed by atoms with Crippen molar-refractivity contribution in [2.75, 3.05) is 44.4 Å². The zero-order chi connectivity index (χ0) is 29.2. The van der Waals surface area contributed by atoms with Gasteiger partial charge in [-0.3, -0.25) is 9.00 Å². The summed E-state index contributed by atoms with van der Waals surface area (Å²) < 4.78 is 18.6. The number of rotatable bonds is 16. The number of carboxylic acids is 1. The average Bonchev–Trinajstić information content (AvgIpc) is 3.09. The predicted octanol–water partition coefficient (Wildman–Crippen LogP) is 7.08. The third-order valence-corrected chi connectivity index (χ3v) is 9.34. The maximum Gasteiger partial charge on any atom is 0.317 e. The molecule has 0 amide bonds. The molecule has 224 valence electrons. The molecule has 0 saturated carbocycles. The summed E-state index contributed by atoms with van der Waals surface area (Å²) in [5.41, 5.74) is 2.81. The van der Waals surface area contributed by atoms with Crippen molar-refractivity contribution in [1.29, 1.82) is 0 Å². The topological polar surface area (TPSA) is 78.9 Å². The summed E-state index contributed by atoms with van der Waals surface area (Å²) in [5, 5.41) is 11.3. The van der Waals surface area contributed by atoms with Crippen LogP contribution in [0.3, 0.4) is 0 Å². The van der Waals surface area contributed by atoms with Crippen LogP contribution in [0, 0.1) is 5.41 Å². The number of anilines is 1. The third kappa shape index (κ3) is 12.4. The molecule has 0 radical (unpaired) electrons. The van der Waals surface area contributed by atoms with Crippen molar-refractivity contribution in [3.05, 3.63) is 54.1 Å². The first kappa shape index (κ1) is 33.8. The van der Waals surface area contributed by atoms with E-state index in [0.29, 0.717) is 6.61 Å². The zero-order valence-electron chi connectivity index (χ0n) is 25.3. The van der Waals surface area contributed by atoms with E-state index in [2.05, 4.69) is 56.4 Å². The summed E-state index contributed by atoms with van der Waals surface area (Å²) in [6.07, 6.45) is 12.8. The lowest BCUT2D eigenvalue weighted by atomic mass is 9.75. The molecule has 2 N–H and O–H groups in total. The Morgan fingerprint density at radius 1 is 1.00 bits per heavy atom. The summed E-state index contributed by atoms with van der Waals surface area (Å²) >= 11 is 0. The predicted molar refractivity (Wildman–Crippen MR) is 168 cm³/mol. The summed E-state index contributed by atoms with van der Waals surface area (Å²) in [5.74, 6) is 0.954. The number of hydrogen-bond acceptors (Lipinski definition) is 5. The average molecular weight is 573 g/mol. The number of fused-ring (bicyclic) bond motifs is 1. The van der Waals surface area contributed by atoms with E-state index in [9.17, 15) is 9.00 Å². The standard InChI is InChI=1S/C20H33NOS.C13H19NO3/c1-5-7-12-20(13-8-6-2)14-11-17-15-18(21(3)4)9-10-19(17)23(22)16-20;15-13(16)11-14-9-5-2-6-10-17-12-7-3-1-4-8-12/h9-10,15H,5-8,11-14,16H2,1-4H3;1,3-4,7-8,14H,2,5-6,9-11H2,(H,15,16). The fraction of sp³-hybridized carbons (Fsp3) is 0.606. The number of aryl methyl sites for hydroxylation is 1. The van der Waals surface area contributed by atoms with Crippen LogP contribution in [-0.2, 0) is 22.0 Å². The first-order valence-corrected chi connectivity index (χ1v) is 16.4. The van der Waals surface area contributed by atoms with Crippen molar-refractivity contribution in [2.24, 2.45) is 5.41 Å². The molecule has 0 saturated heterocycles. The number of nitrogens with zero attached hydrogens (tertiary/aromatic N) is 1. The minimum Gasteiger partial charge on any atom is -0.494 e. The molecule has 2 aromatic carbocycles. The van der Waals surface area contributed by atoms with Crippen LogP contribution in [-0.4, -0.2) is 54.8 Å². The molecule has 1 atom stereocenters. The molecule has 1 heterocycles. The van der Waals surface area contributed by atoms with Gasteiger partial charge < -0.3 is 20.1 Å². The minimum absolute atomic E-state index is 0.0422. The van der Waals surface area contributed by atoms with Crippen LogP contribution in [0.2, 0.25) is 0 Å². The molecule has 3 rings (SSSR count). The SMILES string of the molecule is CCCCC1(CCCC)CCc2cc(N(C)C)ccc2S(=O)C1.O=C(O)CNCCCCCOc1ccccc1. The second-order valence-corrected chi connectivity index (χ2v) is 12.6. The lowest BCUT2D eigenvalue weighted by molar-refractivity contribution is -0.135. The molecule has 0 spiro atoms. The second kappa shape index (κ2) is 18.9. The van der Waals surface area contributed by atoms with Crippen LogP contribution in [0.1, 0.15) is 83.6 Å². The van der Waals surface area contributed by atoms with Crippen molar-refractivity contribution in [3.63, 3.8) is 0 Å². The highest BCUT2D eigenvalue weighted by Gasteiger charge is 2.34. The Morgan fingerprint density at radius 3 is 2.33 bits per heavy atom. The number of ether oxygens (including phenoxy) is 1.